The van der Waals surface area contributed by atoms with Crippen molar-refractivity contribution in [1.29, 1.82) is 0 Å². The lowest BCUT2D eigenvalue weighted by Gasteiger charge is -2.53. The second kappa shape index (κ2) is 7.86. The van der Waals surface area contributed by atoms with Crippen LogP contribution in [0.5, 0.6) is 0 Å². The number of piperidine rings is 2. The van der Waals surface area contributed by atoms with E-state index in [4.69, 9.17) is 4.74 Å². The largest absolute Gasteiger partial charge is 0.392 e. The van der Waals surface area contributed by atoms with Crippen molar-refractivity contribution in [2.24, 2.45) is 5.41 Å². The van der Waals surface area contributed by atoms with Crippen LogP contribution in [0.2, 0.25) is 0 Å². The van der Waals surface area contributed by atoms with Crippen LogP contribution >= 0.6 is 0 Å². The molecule has 6 heteroatoms. The Morgan fingerprint density at radius 1 is 1.26 bits per heavy atom. The maximum atomic E-state index is 13.1. The average Bonchev–Trinajstić information content (AvgIpc) is 2.71. The number of aromatic nitrogens is 1. The molecule has 1 amide bonds. The number of aliphatic hydroxyl groups excluding tert-OH is 1. The van der Waals surface area contributed by atoms with Gasteiger partial charge in [0.05, 0.1) is 11.7 Å². The lowest BCUT2D eigenvalue weighted by atomic mass is 9.71. The van der Waals surface area contributed by atoms with Crippen molar-refractivity contribution in [2.45, 2.75) is 51.2 Å². The summed E-state index contributed by atoms with van der Waals surface area (Å²) in [7, 11) is 0. The third-order valence-electron chi connectivity index (χ3n) is 6.75. The first-order chi connectivity index (χ1) is 13.1. The normalized spacial score (nSPS) is 30.6. The molecule has 0 bridgehead atoms. The van der Waals surface area contributed by atoms with E-state index in [1.165, 1.54) is 0 Å². The van der Waals surface area contributed by atoms with E-state index in [1.54, 1.807) is 6.20 Å². The molecule has 1 aromatic rings. The topological polar surface area (TPSA) is 65.9 Å². The molecule has 6 nitrogen and oxygen atoms in total. The second-order valence-electron chi connectivity index (χ2n) is 8.45. The van der Waals surface area contributed by atoms with Crippen LogP contribution < -0.4 is 0 Å². The van der Waals surface area contributed by atoms with Gasteiger partial charge in [0.25, 0.3) is 5.91 Å². The number of carbonyl (C=O) groups excluding carboxylic acids is 1. The molecule has 0 saturated carbocycles. The Balaban J connectivity index is 1.51. The van der Waals surface area contributed by atoms with Gasteiger partial charge in [0.15, 0.2) is 0 Å². The van der Waals surface area contributed by atoms with E-state index < -0.39 is 0 Å². The Kier molecular flexibility index (Phi) is 5.48. The van der Waals surface area contributed by atoms with Gasteiger partial charge in [-0.25, -0.2) is 0 Å². The maximum absolute atomic E-state index is 13.1. The van der Waals surface area contributed by atoms with Gasteiger partial charge >= 0.3 is 0 Å². The number of aryl methyl sites for hydroxylation is 1. The van der Waals surface area contributed by atoms with Crippen LogP contribution in [-0.4, -0.2) is 77.3 Å². The number of aliphatic hydroxyl groups is 1. The van der Waals surface area contributed by atoms with E-state index in [1.807, 2.05) is 24.0 Å². The first-order valence-corrected chi connectivity index (χ1v) is 10.3. The van der Waals surface area contributed by atoms with E-state index >= 15 is 0 Å². The Morgan fingerprint density at radius 2 is 2.07 bits per heavy atom. The summed E-state index contributed by atoms with van der Waals surface area (Å²) in [6.45, 7) is 6.79. The molecule has 3 aliphatic heterocycles. The number of hydrogen-bond acceptors (Lipinski definition) is 5. The zero-order valence-electron chi connectivity index (χ0n) is 16.3. The van der Waals surface area contributed by atoms with E-state index in [9.17, 15) is 9.90 Å². The zero-order valence-corrected chi connectivity index (χ0v) is 16.3. The highest BCUT2D eigenvalue weighted by Gasteiger charge is 2.47. The molecule has 0 radical (unpaired) electrons. The third kappa shape index (κ3) is 3.75. The van der Waals surface area contributed by atoms with Gasteiger partial charge in [-0.05, 0) is 51.2 Å². The van der Waals surface area contributed by atoms with Crippen molar-refractivity contribution in [1.82, 2.24) is 14.8 Å². The number of ether oxygens (including phenoxy) is 1. The summed E-state index contributed by atoms with van der Waals surface area (Å²) < 4.78 is 5.52. The number of amides is 1. The van der Waals surface area contributed by atoms with Gasteiger partial charge in [0, 0.05) is 62.7 Å². The molecule has 2 atom stereocenters. The summed E-state index contributed by atoms with van der Waals surface area (Å²) >= 11 is 0. The SMILES string of the molecule is Cc1ncccc1C(=O)N1CCC[C@]2(C1)CN(C1CCOCC1)CC[C@H]2O. The first kappa shape index (κ1) is 18.8. The summed E-state index contributed by atoms with van der Waals surface area (Å²) in [5, 5.41) is 10.9. The minimum absolute atomic E-state index is 0.0510. The molecule has 3 saturated heterocycles. The van der Waals surface area contributed by atoms with Crippen molar-refractivity contribution in [2.75, 3.05) is 39.4 Å². The maximum Gasteiger partial charge on any atom is 0.255 e. The van der Waals surface area contributed by atoms with Crippen LogP contribution in [0.3, 0.4) is 0 Å². The van der Waals surface area contributed by atoms with E-state index in [0.717, 1.165) is 70.6 Å². The van der Waals surface area contributed by atoms with Gasteiger partial charge in [-0.15, -0.1) is 0 Å². The van der Waals surface area contributed by atoms with Gasteiger partial charge in [-0.2, -0.15) is 0 Å². The zero-order chi connectivity index (χ0) is 18.9. The molecule has 0 unspecified atom stereocenters. The predicted octanol–water partition coefficient (Wildman–Crippen LogP) is 1.86. The van der Waals surface area contributed by atoms with Crippen LogP contribution in [0.15, 0.2) is 18.3 Å². The minimum atomic E-state index is -0.334. The summed E-state index contributed by atoms with van der Waals surface area (Å²) in [6.07, 6.45) is 6.27. The van der Waals surface area contributed by atoms with E-state index in [0.29, 0.717) is 18.2 Å². The lowest BCUT2D eigenvalue weighted by molar-refractivity contribution is -0.0970. The smallest absolute Gasteiger partial charge is 0.255 e. The molecule has 3 fully saturated rings. The molecular formula is C21H31N3O3. The number of carbonyl (C=O) groups is 1. The molecule has 0 aliphatic carbocycles. The standard InChI is InChI=1S/C21H31N3O3/c1-16-18(4-2-9-22-16)20(26)24-10-3-8-21(15-24)14-23(11-5-19(21)25)17-6-12-27-13-7-17/h2,4,9,17,19,25H,3,5-8,10-15H2,1H3/t19-,21-/m1/s1. The van der Waals surface area contributed by atoms with Crippen LogP contribution in [0.25, 0.3) is 0 Å². The molecule has 1 N–H and O–H groups in total. The minimum Gasteiger partial charge on any atom is -0.392 e. The Bertz CT molecular complexity index is 676. The number of nitrogens with zero attached hydrogens (tertiary/aromatic N) is 3. The van der Waals surface area contributed by atoms with Gasteiger partial charge < -0.3 is 14.7 Å². The van der Waals surface area contributed by atoms with Crippen molar-refractivity contribution in [3.8, 4) is 0 Å². The molecule has 1 aromatic heterocycles. The molecule has 4 rings (SSSR count). The third-order valence-corrected chi connectivity index (χ3v) is 6.75. The average molecular weight is 373 g/mol. The molecule has 148 valence electrons. The fraction of sp³-hybridized carbons (Fsp3) is 0.714. The van der Waals surface area contributed by atoms with Gasteiger partial charge in [-0.1, -0.05) is 0 Å². The fourth-order valence-corrected chi connectivity index (χ4v) is 5.16. The summed E-state index contributed by atoms with van der Waals surface area (Å²) in [4.78, 5) is 21.9. The van der Waals surface area contributed by atoms with Gasteiger partial charge in [-0.3, -0.25) is 14.7 Å². The van der Waals surface area contributed by atoms with Crippen LogP contribution in [0.1, 0.15) is 48.2 Å². The highest BCUT2D eigenvalue weighted by Crippen LogP contribution is 2.40. The molecular weight excluding hydrogens is 342 g/mol. The van der Waals surface area contributed by atoms with Gasteiger partial charge in [0.1, 0.15) is 0 Å². The van der Waals surface area contributed by atoms with Crippen molar-refractivity contribution < 1.29 is 14.6 Å². The Morgan fingerprint density at radius 3 is 2.85 bits per heavy atom. The lowest BCUT2D eigenvalue weighted by Crippen LogP contribution is -2.61. The molecule has 27 heavy (non-hydrogen) atoms. The van der Waals surface area contributed by atoms with Crippen LogP contribution in [0.4, 0.5) is 0 Å². The highest BCUT2D eigenvalue weighted by atomic mass is 16.5. The molecule has 0 aromatic carbocycles. The number of hydrogen-bond donors (Lipinski definition) is 1. The number of likely N-dealkylation sites (tertiary alicyclic amines) is 2. The number of pyridine rings is 1. The van der Waals surface area contributed by atoms with Crippen molar-refractivity contribution >= 4 is 5.91 Å². The summed E-state index contributed by atoms with van der Waals surface area (Å²) in [5.41, 5.74) is 1.25. The van der Waals surface area contributed by atoms with Crippen molar-refractivity contribution in [3.63, 3.8) is 0 Å². The molecule has 4 heterocycles. The molecule has 1 spiro atoms. The van der Waals surface area contributed by atoms with Crippen LogP contribution in [-0.2, 0) is 4.74 Å². The quantitative estimate of drug-likeness (QED) is 0.857. The van der Waals surface area contributed by atoms with Crippen molar-refractivity contribution in [3.05, 3.63) is 29.6 Å². The Labute approximate surface area is 161 Å². The highest BCUT2D eigenvalue weighted by molar-refractivity contribution is 5.95. The van der Waals surface area contributed by atoms with Gasteiger partial charge in [0.2, 0.25) is 0 Å². The van der Waals surface area contributed by atoms with E-state index in [2.05, 4.69) is 9.88 Å². The Hall–Kier alpha value is -1.50. The first-order valence-electron chi connectivity index (χ1n) is 10.3. The van der Waals surface area contributed by atoms with Crippen LogP contribution in [0, 0.1) is 12.3 Å². The summed E-state index contributed by atoms with van der Waals surface area (Å²) in [6, 6.07) is 4.23. The fourth-order valence-electron chi connectivity index (χ4n) is 5.16. The monoisotopic (exact) mass is 373 g/mol. The number of rotatable bonds is 2. The predicted molar refractivity (Wildman–Crippen MR) is 103 cm³/mol. The molecule has 3 aliphatic rings. The summed E-state index contributed by atoms with van der Waals surface area (Å²) in [5.74, 6) is 0.0510. The second-order valence-corrected chi connectivity index (χ2v) is 8.45. The van der Waals surface area contributed by atoms with E-state index in [-0.39, 0.29) is 17.4 Å².